The number of rotatable bonds is 7. The van der Waals surface area contributed by atoms with E-state index in [1.165, 1.54) is 0 Å². The molecular formula is C14H26N2O3. The molecule has 0 aromatic rings. The molecule has 0 fully saturated rings. The number of amides is 2. The summed E-state index contributed by atoms with van der Waals surface area (Å²) < 4.78 is 0. The SMILES string of the molecule is C=CCN(C(=O)NC(CCCC)C(=O)O)C(C)(C)C. The molecule has 1 unspecified atom stereocenters. The van der Waals surface area contributed by atoms with Gasteiger partial charge in [0, 0.05) is 12.1 Å². The fraction of sp³-hybridized carbons (Fsp3) is 0.714. The van der Waals surface area contributed by atoms with E-state index < -0.39 is 12.0 Å². The fourth-order valence-electron chi connectivity index (χ4n) is 1.68. The van der Waals surface area contributed by atoms with Gasteiger partial charge < -0.3 is 15.3 Å². The van der Waals surface area contributed by atoms with Crippen LogP contribution in [0.25, 0.3) is 0 Å². The third kappa shape index (κ3) is 6.27. The highest BCUT2D eigenvalue weighted by Gasteiger charge is 2.28. The molecular weight excluding hydrogens is 244 g/mol. The van der Waals surface area contributed by atoms with Crippen LogP contribution in [-0.2, 0) is 4.79 Å². The quantitative estimate of drug-likeness (QED) is 0.699. The lowest BCUT2D eigenvalue weighted by Gasteiger charge is -2.35. The van der Waals surface area contributed by atoms with Gasteiger partial charge in [0.05, 0.1) is 0 Å². The molecule has 0 aliphatic heterocycles. The second-order valence-electron chi connectivity index (χ2n) is 5.55. The van der Waals surface area contributed by atoms with Gasteiger partial charge in [-0.25, -0.2) is 9.59 Å². The number of carbonyl (C=O) groups excluding carboxylic acids is 1. The third-order valence-electron chi connectivity index (χ3n) is 2.81. The van der Waals surface area contributed by atoms with Crippen molar-refractivity contribution in [3.63, 3.8) is 0 Å². The maximum absolute atomic E-state index is 12.2. The van der Waals surface area contributed by atoms with Crippen LogP contribution < -0.4 is 5.32 Å². The van der Waals surface area contributed by atoms with E-state index in [9.17, 15) is 9.59 Å². The first-order valence-corrected chi connectivity index (χ1v) is 6.65. The van der Waals surface area contributed by atoms with E-state index >= 15 is 0 Å². The van der Waals surface area contributed by atoms with Crippen molar-refractivity contribution in [2.75, 3.05) is 6.54 Å². The van der Waals surface area contributed by atoms with Gasteiger partial charge in [-0.15, -0.1) is 6.58 Å². The maximum Gasteiger partial charge on any atom is 0.326 e. The second-order valence-corrected chi connectivity index (χ2v) is 5.55. The Morgan fingerprint density at radius 1 is 1.42 bits per heavy atom. The number of urea groups is 1. The minimum atomic E-state index is -0.991. The Bertz CT molecular complexity index is 321. The summed E-state index contributed by atoms with van der Waals surface area (Å²) in [5.74, 6) is -0.991. The van der Waals surface area contributed by atoms with E-state index in [-0.39, 0.29) is 11.6 Å². The summed E-state index contributed by atoms with van der Waals surface area (Å²) in [4.78, 5) is 24.9. The molecule has 0 aliphatic rings. The summed E-state index contributed by atoms with van der Waals surface area (Å²) in [6, 6.07) is -1.20. The summed E-state index contributed by atoms with van der Waals surface area (Å²) in [5.41, 5.74) is -0.383. The van der Waals surface area contributed by atoms with Crippen LogP contribution in [-0.4, -0.2) is 40.1 Å². The number of hydrogen-bond donors (Lipinski definition) is 2. The summed E-state index contributed by atoms with van der Waals surface area (Å²) in [6.07, 6.45) is 3.75. The molecule has 0 saturated heterocycles. The van der Waals surface area contributed by atoms with Gasteiger partial charge in [-0.05, 0) is 27.2 Å². The number of nitrogens with one attached hydrogen (secondary N) is 1. The molecule has 19 heavy (non-hydrogen) atoms. The lowest BCUT2D eigenvalue weighted by Crippen LogP contribution is -2.54. The van der Waals surface area contributed by atoms with Crippen molar-refractivity contribution in [3.05, 3.63) is 12.7 Å². The fourth-order valence-corrected chi connectivity index (χ4v) is 1.68. The molecule has 5 heteroatoms. The van der Waals surface area contributed by atoms with Crippen molar-refractivity contribution in [2.45, 2.75) is 58.5 Å². The Kier molecular flexibility index (Phi) is 7.19. The molecule has 0 rings (SSSR count). The molecule has 0 saturated carbocycles. The average Bonchev–Trinajstić information content (AvgIpc) is 2.29. The van der Waals surface area contributed by atoms with Crippen molar-refractivity contribution in [3.8, 4) is 0 Å². The van der Waals surface area contributed by atoms with Gasteiger partial charge in [0.1, 0.15) is 6.04 Å². The van der Waals surface area contributed by atoms with E-state index in [0.29, 0.717) is 13.0 Å². The highest BCUT2D eigenvalue weighted by Crippen LogP contribution is 2.14. The zero-order valence-corrected chi connectivity index (χ0v) is 12.4. The molecule has 0 aromatic heterocycles. The lowest BCUT2D eigenvalue weighted by molar-refractivity contribution is -0.139. The summed E-state index contributed by atoms with van der Waals surface area (Å²) >= 11 is 0. The standard InChI is InChI=1S/C14H26N2O3/c1-6-8-9-11(12(17)18)15-13(19)16(10-7-2)14(3,4)5/h7,11H,2,6,8-10H2,1,3-5H3,(H,15,19)(H,17,18). The first kappa shape index (κ1) is 17.5. The molecule has 0 radical (unpaired) electrons. The number of carbonyl (C=O) groups is 2. The highest BCUT2D eigenvalue weighted by molar-refractivity contribution is 5.83. The molecule has 2 N–H and O–H groups in total. The van der Waals surface area contributed by atoms with Gasteiger partial charge in [0.15, 0.2) is 0 Å². The third-order valence-corrected chi connectivity index (χ3v) is 2.81. The monoisotopic (exact) mass is 270 g/mol. The molecule has 0 aliphatic carbocycles. The molecule has 110 valence electrons. The number of carboxylic acids is 1. The largest absolute Gasteiger partial charge is 0.480 e. The van der Waals surface area contributed by atoms with Crippen LogP contribution in [0.5, 0.6) is 0 Å². The Morgan fingerprint density at radius 2 is 2.00 bits per heavy atom. The minimum absolute atomic E-state index is 0.365. The van der Waals surface area contributed by atoms with Crippen molar-refractivity contribution >= 4 is 12.0 Å². The van der Waals surface area contributed by atoms with Crippen LogP contribution in [0.2, 0.25) is 0 Å². The van der Waals surface area contributed by atoms with E-state index in [4.69, 9.17) is 5.11 Å². The number of aliphatic carboxylic acids is 1. The molecule has 5 nitrogen and oxygen atoms in total. The zero-order valence-electron chi connectivity index (χ0n) is 12.4. The van der Waals surface area contributed by atoms with Gasteiger partial charge in [0.25, 0.3) is 0 Å². The predicted octanol–water partition coefficient (Wildman–Crippen LogP) is 2.63. The maximum atomic E-state index is 12.2. The Balaban J connectivity index is 4.75. The number of hydrogen-bond acceptors (Lipinski definition) is 2. The van der Waals surface area contributed by atoms with Gasteiger partial charge in [0.2, 0.25) is 0 Å². The lowest BCUT2D eigenvalue weighted by atomic mass is 10.1. The average molecular weight is 270 g/mol. The van der Waals surface area contributed by atoms with E-state index in [2.05, 4.69) is 11.9 Å². The van der Waals surface area contributed by atoms with E-state index in [0.717, 1.165) is 12.8 Å². The van der Waals surface area contributed by atoms with Crippen LogP contribution in [0.15, 0.2) is 12.7 Å². The van der Waals surface area contributed by atoms with Gasteiger partial charge in [-0.2, -0.15) is 0 Å². The smallest absolute Gasteiger partial charge is 0.326 e. The zero-order chi connectivity index (χ0) is 15.1. The number of unbranched alkanes of at least 4 members (excludes halogenated alkanes) is 1. The Morgan fingerprint density at radius 3 is 2.37 bits per heavy atom. The van der Waals surface area contributed by atoms with Crippen molar-refractivity contribution in [1.82, 2.24) is 10.2 Å². The van der Waals surface area contributed by atoms with Crippen molar-refractivity contribution < 1.29 is 14.7 Å². The van der Waals surface area contributed by atoms with Crippen LogP contribution in [0.4, 0.5) is 4.79 Å². The first-order valence-electron chi connectivity index (χ1n) is 6.65. The van der Waals surface area contributed by atoms with E-state index in [1.54, 1.807) is 11.0 Å². The van der Waals surface area contributed by atoms with Crippen molar-refractivity contribution in [1.29, 1.82) is 0 Å². The van der Waals surface area contributed by atoms with Crippen LogP contribution >= 0.6 is 0 Å². The Hall–Kier alpha value is -1.52. The van der Waals surface area contributed by atoms with Crippen molar-refractivity contribution in [2.24, 2.45) is 0 Å². The molecule has 2 amide bonds. The number of nitrogens with zero attached hydrogens (tertiary/aromatic N) is 1. The molecule has 1 atom stereocenters. The van der Waals surface area contributed by atoms with Crippen LogP contribution in [0.3, 0.4) is 0 Å². The minimum Gasteiger partial charge on any atom is -0.480 e. The predicted molar refractivity (Wildman–Crippen MR) is 76.1 cm³/mol. The normalized spacial score (nSPS) is 12.6. The van der Waals surface area contributed by atoms with Gasteiger partial charge in [-0.1, -0.05) is 25.8 Å². The molecule has 0 bridgehead atoms. The summed E-state index contributed by atoms with van der Waals surface area (Å²) in [5, 5.41) is 11.7. The van der Waals surface area contributed by atoms with Gasteiger partial charge in [-0.3, -0.25) is 0 Å². The summed E-state index contributed by atoms with van der Waals surface area (Å²) in [6.45, 7) is 11.7. The van der Waals surface area contributed by atoms with Crippen LogP contribution in [0, 0.1) is 0 Å². The Labute approximate surface area is 115 Å². The highest BCUT2D eigenvalue weighted by atomic mass is 16.4. The molecule has 0 aromatic carbocycles. The molecule has 0 spiro atoms. The van der Waals surface area contributed by atoms with Gasteiger partial charge >= 0.3 is 12.0 Å². The first-order chi connectivity index (χ1) is 8.73. The molecule has 0 heterocycles. The topological polar surface area (TPSA) is 69.6 Å². The van der Waals surface area contributed by atoms with Crippen LogP contribution in [0.1, 0.15) is 47.0 Å². The second kappa shape index (κ2) is 7.81. The van der Waals surface area contributed by atoms with E-state index in [1.807, 2.05) is 27.7 Å². The number of carboxylic acid groups (broad SMARTS) is 1. The summed E-state index contributed by atoms with van der Waals surface area (Å²) in [7, 11) is 0.